The standard InChI is InChI=1S/C16H22N6O4/c23-14(10-22-15(24)1-2-16(22)25)18-4-3-17-12-9-13(20-11-19-12)21-5-7-26-8-6-21/h9,11H,1-8,10H2,(H,18,23)(H,17,19,20). The van der Waals surface area contributed by atoms with Crippen LogP contribution in [0.5, 0.6) is 0 Å². The number of aromatic nitrogens is 2. The summed E-state index contributed by atoms with van der Waals surface area (Å²) in [6, 6.07) is 1.86. The van der Waals surface area contributed by atoms with Crippen molar-refractivity contribution >= 4 is 29.4 Å². The van der Waals surface area contributed by atoms with Gasteiger partial charge < -0.3 is 20.3 Å². The molecule has 2 saturated heterocycles. The highest BCUT2D eigenvalue weighted by Crippen LogP contribution is 2.15. The molecule has 0 spiro atoms. The van der Waals surface area contributed by atoms with Crippen LogP contribution in [0.3, 0.4) is 0 Å². The first kappa shape index (κ1) is 18.1. The molecule has 3 rings (SSSR count). The van der Waals surface area contributed by atoms with Crippen molar-refractivity contribution in [2.45, 2.75) is 12.8 Å². The molecule has 0 aromatic carbocycles. The fourth-order valence-corrected chi connectivity index (χ4v) is 2.80. The number of carbonyl (C=O) groups excluding carboxylic acids is 3. The molecule has 0 bridgehead atoms. The van der Waals surface area contributed by atoms with Crippen LogP contribution < -0.4 is 15.5 Å². The lowest BCUT2D eigenvalue weighted by Crippen LogP contribution is -2.41. The van der Waals surface area contributed by atoms with Gasteiger partial charge in [-0.05, 0) is 0 Å². The molecule has 26 heavy (non-hydrogen) atoms. The Balaban J connectivity index is 1.40. The number of carbonyl (C=O) groups is 3. The van der Waals surface area contributed by atoms with Gasteiger partial charge >= 0.3 is 0 Å². The average molecular weight is 362 g/mol. The summed E-state index contributed by atoms with van der Waals surface area (Å²) in [7, 11) is 0. The van der Waals surface area contributed by atoms with E-state index in [-0.39, 0.29) is 37.1 Å². The van der Waals surface area contributed by atoms with Crippen molar-refractivity contribution in [1.82, 2.24) is 20.2 Å². The maximum atomic E-state index is 11.8. The Hall–Kier alpha value is -2.75. The van der Waals surface area contributed by atoms with Crippen LogP contribution in [-0.4, -0.2) is 78.5 Å². The highest BCUT2D eigenvalue weighted by Gasteiger charge is 2.30. The van der Waals surface area contributed by atoms with Crippen LogP contribution in [0.15, 0.2) is 12.4 Å². The number of likely N-dealkylation sites (tertiary alicyclic amines) is 1. The van der Waals surface area contributed by atoms with Crippen molar-refractivity contribution in [3.05, 3.63) is 12.4 Å². The minimum Gasteiger partial charge on any atom is -0.378 e. The monoisotopic (exact) mass is 362 g/mol. The van der Waals surface area contributed by atoms with E-state index < -0.39 is 0 Å². The van der Waals surface area contributed by atoms with Crippen LogP contribution in [0.2, 0.25) is 0 Å². The fourth-order valence-electron chi connectivity index (χ4n) is 2.80. The third-order valence-corrected chi connectivity index (χ3v) is 4.20. The molecule has 0 saturated carbocycles. The van der Waals surface area contributed by atoms with Crippen LogP contribution in [0.4, 0.5) is 11.6 Å². The van der Waals surface area contributed by atoms with Crippen LogP contribution in [0, 0.1) is 0 Å². The predicted octanol–water partition coefficient (Wildman–Crippen LogP) is -1.01. The number of morpholine rings is 1. The van der Waals surface area contributed by atoms with Crippen molar-refractivity contribution in [2.24, 2.45) is 0 Å². The van der Waals surface area contributed by atoms with E-state index in [2.05, 4.69) is 25.5 Å². The summed E-state index contributed by atoms with van der Waals surface area (Å²) in [6.45, 7) is 3.55. The zero-order chi connectivity index (χ0) is 18.4. The van der Waals surface area contributed by atoms with Gasteiger partial charge in [0, 0.05) is 45.1 Å². The second-order valence-electron chi connectivity index (χ2n) is 6.01. The summed E-state index contributed by atoms with van der Waals surface area (Å²) >= 11 is 0. The van der Waals surface area contributed by atoms with Crippen LogP contribution in [0.25, 0.3) is 0 Å². The number of amides is 3. The van der Waals surface area contributed by atoms with Gasteiger partial charge in [0.05, 0.1) is 13.2 Å². The lowest BCUT2D eigenvalue weighted by molar-refractivity contribution is -0.142. The van der Waals surface area contributed by atoms with E-state index in [4.69, 9.17) is 4.74 Å². The molecule has 2 aliphatic rings. The SMILES string of the molecule is O=C(CN1C(=O)CCC1=O)NCCNc1cc(N2CCOCC2)ncn1. The molecule has 2 aliphatic heterocycles. The first-order valence-electron chi connectivity index (χ1n) is 8.62. The number of rotatable bonds is 7. The molecule has 10 nitrogen and oxygen atoms in total. The second-order valence-corrected chi connectivity index (χ2v) is 6.01. The Morgan fingerprint density at radius 1 is 1.12 bits per heavy atom. The number of nitrogens with one attached hydrogen (secondary N) is 2. The van der Waals surface area contributed by atoms with Gasteiger partial charge in [0.25, 0.3) is 0 Å². The Labute approximate surface area is 150 Å². The summed E-state index contributed by atoms with van der Waals surface area (Å²) in [5, 5.41) is 5.80. The molecule has 1 aromatic heterocycles. The number of hydrogen-bond donors (Lipinski definition) is 2. The highest BCUT2D eigenvalue weighted by atomic mass is 16.5. The summed E-state index contributed by atoms with van der Waals surface area (Å²) in [5.41, 5.74) is 0. The lowest BCUT2D eigenvalue weighted by Gasteiger charge is -2.27. The molecule has 3 amide bonds. The molecular formula is C16H22N6O4. The molecular weight excluding hydrogens is 340 g/mol. The number of anilines is 2. The van der Waals surface area contributed by atoms with Gasteiger partial charge in [0.1, 0.15) is 24.5 Å². The molecule has 0 unspecified atom stereocenters. The third-order valence-electron chi connectivity index (χ3n) is 4.20. The maximum absolute atomic E-state index is 11.8. The number of nitrogens with zero attached hydrogens (tertiary/aromatic N) is 4. The molecule has 0 aliphatic carbocycles. The van der Waals surface area contributed by atoms with Gasteiger partial charge in [0.2, 0.25) is 17.7 Å². The van der Waals surface area contributed by atoms with Crippen molar-refractivity contribution in [2.75, 3.05) is 56.2 Å². The summed E-state index contributed by atoms with van der Waals surface area (Å²) in [4.78, 5) is 46.4. The van der Waals surface area contributed by atoms with Crippen molar-refractivity contribution in [3.63, 3.8) is 0 Å². The summed E-state index contributed by atoms with van der Waals surface area (Å²) in [5.74, 6) is 0.563. The first-order valence-corrected chi connectivity index (χ1v) is 8.62. The van der Waals surface area contributed by atoms with Gasteiger partial charge in [-0.25, -0.2) is 9.97 Å². The topological polar surface area (TPSA) is 117 Å². The van der Waals surface area contributed by atoms with E-state index in [0.29, 0.717) is 32.1 Å². The highest BCUT2D eigenvalue weighted by molar-refractivity contribution is 6.04. The van der Waals surface area contributed by atoms with Crippen molar-refractivity contribution < 1.29 is 19.1 Å². The summed E-state index contributed by atoms with van der Waals surface area (Å²) in [6.07, 6.45) is 1.87. The summed E-state index contributed by atoms with van der Waals surface area (Å²) < 4.78 is 5.33. The minimum atomic E-state index is -0.355. The predicted molar refractivity (Wildman–Crippen MR) is 92.5 cm³/mol. The maximum Gasteiger partial charge on any atom is 0.240 e. The zero-order valence-electron chi connectivity index (χ0n) is 14.4. The Morgan fingerprint density at radius 2 is 1.85 bits per heavy atom. The van der Waals surface area contributed by atoms with E-state index in [1.54, 1.807) is 0 Å². The first-order chi connectivity index (χ1) is 12.6. The minimum absolute atomic E-state index is 0.187. The molecule has 2 fully saturated rings. The normalized spacial score (nSPS) is 17.5. The molecule has 2 N–H and O–H groups in total. The molecule has 0 radical (unpaired) electrons. The van der Waals surface area contributed by atoms with E-state index in [0.717, 1.165) is 23.8 Å². The largest absolute Gasteiger partial charge is 0.378 e. The molecule has 140 valence electrons. The number of ether oxygens (including phenoxy) is 1. The van der Waals surface area contributed by atoms with Gasteiger partial charge in [-0.2, -0.15) is 0 Å². The van der Waals surface area contributed by atoms with Gasteiger partial charge in [-0.3, -0.25) is 19.3 Å². The van der Waals surface area contributed by atoms with Gasteiger partial charge in [0.15, 0.2) is 0 Å². The molecule has 0 atom stereocenters. The van der Waals surface area contributed by atoms with Crippen LogP contribution in [0.1, 0.15) is 12.8 Å². The third kappa shape index (κ3) is 4.66. The van der Waals surface area contributed by atoms with E-state index in [1.165, 1.54) is 6.33 Å². The molecule has 10 heteroatoms. The Bertz CT molecular complexity index is 660. The van der Waals surface area contributed by atoms with E-state index >= 15 is 0 Å². The zero-order valence-corrected chi connectivity index (χ0v) is 14.4. The Morgan fingerprint density at radius 3 is 2.58 bits per heavy atom. The van der Waals surface area contributed by atoms with Crippen molar-refractivity contribution in [3.8, 4) is 0 Å². The van der Waals surface area contributed by atoms with Gasteiger partial charge in [-0.15, -0.1) is 0 Å². The second kappa shape index (κ2) is 8.56. The fraction of sp³-hybridized carbons (Fsp3) is 0.562. The smallest absolute Gasteiger partial charge is 0.240 e. The molecule has 3 heterocycles. The van der Waals surface area contributed by atoms with Gasteiger partial charge in [-0.1, -0.05) is 0 Å². The average Bonchev–Trinajstić information content (AvgIpc) is 2.98. The number of hydrogen-bond acceptors (Lipinski definition) is 8. The Kier molecular flexibility index (Phi) is 5.95. The van der Waals surface area contributed by atoms with E-state index in [9.17, 15) is 14.4 Å². The quantitative estimate of drug-likeness (QED) is 0.468. The lowest BCUT2D eigenvalue weighted by atomic mass is 10.4. The molecule has 1 aromatic rings. The van der Waals surface area contributed by atoms with Crippen molar-refractivity contribution in [1.29, 1.82) is 0 Å². The number of imide groups is 1. The van der Waals surface area contributed by atoms with E-state index in [1.807, 2.05) is 6.07 Å². The van der Waals surface area contributed by atoms with Crippen LogP contribution in [-0.2, 0) is 19.1 Å². The van der Waals surface area contributed by atoms with Crippen LogP contribution >= 0.6 is 0 Å².